The molecule has 0 spiro atoms. The summed E-state index contributed by atoms with van der Waals surface area (Å²) in [5, 5.41) is 8.77. The second-order valence-electron chi connectivity index (χ2n) is 3.63. The van der Waals surface area contributed by atoms with Crippen molar-refractivity contribution < 1.29 is 14.2 Å². The number of aliphatic hydroxyl groups excluding tert-OH is 1. The molecule has 0 aliphatic heterocycles. The maximum atomic E-state index is 13.3. The zero-order valence-corrected chi connectivity index (χ0v) is 10.3. The Hall–Kier alpha value is -1.20. The van der Waals surface area contributed by atoms with Crippen molar-refractivity contribution in [3.05, 3.63) is 23.8 Å². The second kappa shape index (κ2) is 7.19. The van der Waals surface area contributed by atoms with E-state index in [-0.39, 0.29) is 5.69 Å². The molecule has 0 bridgehead atoms. The minimum absolute atomic E-state index is 0.0427. The molecule has 1 rings (SSSR count). The van der Waals surface area contributed by atoms with Crippen molar-refractivity contribution >= 4 is 0 Å². The van der Waals surface area contributed by atoms with Gasteiger partial charge in [-0.1, -0.05) is 13.8 Å². The van der Waals surface area contributed by atoms with Gasteiger partial charge in [-0.25, -0.2) is 4.39 Å². The number of likely N-dealkylation sites (N-methyl/N-ethyl adjacent to an activating group) is 1. The molecule has 0 atom stereocenters. The summed E-state index contributed by atoms with van der Waals surface area (Å²) < 4.78 is 18.7. The average Bonchev–Trinajstić information content (AvgIpc) is 2.35. The molecule has 0 saturated heterocycles. The van der Waals surface area contributed by atoms with Crippen molar-refractivity contribution in [2.45, 2.75) is 20.5 Å². The Bertz CT molecular complexity index is 343. The van der Waals surface area contributed by atoms with Crippen LogP contribution in [0.15, 0.2) is 12.3 Å². The second-order valence-corrected chi connectivity index (χ2v) is 3.63. The Morgan fingerprint density at radius 3 is 2.65 bits per heavy atom. The Balaban J connectivity index is 2.44. The fraction of sp³-hybridized carbons (Fsp3) is 0.583. The van der Waals surface area contributed by atoms with Gasteiger partial charge < -0.3 is 14.7 Å². The lowest BCUT2D eigenvalue weighted by Gasteiger charge is -2.17. The molecular weight excluding hydrogens is 223 g/mol. The van der Waals surface area contributed by atoms with Crippen LogP contribution in [0.1, 0.15) is 19.5 Å². The highest BCUT2D eigenvalue weighted by Gasteiger charge is 2.05. The molecule has 0 radical (unpaired) electrons. The van der Waals surface area contributed by atoms with Gasteiger partial charge in [-0.2, -0.15) is 0 Å². The molecular formula is C12H19FN2O2. The monoisotopic (exact) mass is 242 g/mol. The van der Waals surface area contributed by atoms with Crippen molar-refractivity contribution in [3.8, 4) is 5.75 Å². The van der Waals surface area contributed by atoms with E-state index in [2.05, 4.69) is 23.7 Å². The fourth-order valence-electron chi connectivity index (χ4n) is 1.48. The van der Waals surface area contributed by atoms with Crippen LogP contribution < -0.4 is 4.74 Å². The topological polar surface area (TPSA) is 45.6 Å². The number of aliphatic hydroxyl groups is 1. The Labute approximate surface area is 101 Å². The standard InChI is InChI=1S/C12H19FN2O2/c1-3-15(4-2)5-6-17-10-7-11(13)12(9-16)14-8-10/h7-8,16H,3-6,9H2,1-2H3. The molecule has 96 valence electrons. The summed E-state index contributed by atoms with van der Waals surface area (Å²) >= 11 is 0. The molecule has 17 heavy (non-hydrogen) atoms. The predicted molar refractivity (Wildman–Crippen MR) is 63.4 cm³/mol. The molecule has 4 nitrogen and oxygen atoms in total. The van der Waals surface area contributed by atoms with Crippen LogP contribution in [-0.2, 0) is 6.61 Å². The number of hydrogen-bond acceptors (Lipinski definition) is 4. The summed E-state index contributed by atoms with van der Waals surface area (Å²) in [4.78, 5) is 5.99. The highest BCUT2D eigenvalue weighted by atomic mass is 19.1. The number of aromatic nitrogens is 1. The van der Waals surface area contributed by atoms with E-state index < -0.39 is 12.4 Å². The lowest BCUT2D eigenvalue weighted by molar-refractivity contribution is 0.221. The molecule has 0 aliphatic carbocycles. The van der Waals surface area contributed by atoms with Crippen LogP contribution in [0.4, 0.5) is 4.39 Å². The van der Waals surface area contributed by atoms with Crippen LogP contribution >= 0.6 is 0 Å². The lowest BCUT2D eigenvalue weighted by atomic mass is 10.3. The van der Waals surface area contributed by atoms with Gasteiger partial charge in [0.25, 0.3) is 0 Å². The zero-order valence-electron chi connectivity index (χ0n) is 10.3. The van der Waals surface area contributed by atoms with E-state index in [0.717, 1.165) is 19.6 Å². The lowest BCUT2D eigenvalue weighted by Crippen LogP contribution is -2.27. The van der Waals surface area contributed by atoms with E-state index >= 15 is 0 Å². The number of rotatable bonds is 7. The number of ether oxygens (including phenoxy) is 1. The van der Waals surface area contributed by atoms with Crippen molar-refractivity contribution in [1.82, 2.24) is 9.88 Å². The van der Waals surface area contributed by atoms with Crippen LogP contribution in [0.3, 0.4) is 0 Å². The van der Waals surface area contributed by atoms with E-state index in [9.17, 15) is 4.39 Å². The SMILES string of the molecule is CCN(CC)CCOc1cnc(CO)c(F)c1. The third kappa shape index (κ3) is 4.28. The first-order chi connectivity index (χ1) is 8.21. The molecule has 1 aromatic heterocycles. The Morgan fingerprint density at radius 2 is 2.12 bits per heavy atom. The smallest absolute Gasteiger partial charge is 0.150 e. The quantitative estimate of drug-likeness (QED) is 0.785. The van der Waals surface area contributed by atoms with Gasteiger partial charge in [-0.3, -0.25) is 4.98 Å². The molecule has 0 fully saturated rings. The van der Waals surface area contributed by atoms with Crippen molar-refractivity contribution in [2.75, 3.05) is 26.2 Å². The molecule has 0 saturated carbocycles. The molecule has 0 aromatic carbocycles. The first-order valence-electron chi connectivity index (χ1n) is 5.81. The first-order valence-corrected chi connectivity index (χ1v) is 5.81. The molecule has 0 aliphatic rings. The van der Waals surface area contributed by atoms with Crippen LogP contribution in [0.2, 0.25) is 0 Å². The largest absolute Gasteiger partial charge is 0.491 e. The molecule has 0 amide bonds. The Kier molecular flexibility index (Phi) is 5.86. The zero-order chi connectivity index (χ0) is 12.7. The van der Waals surface area contributed by atoms with Gasteiger partial charge in [0, 0.05) is 12.6 Å². The average molecular weight is 242 g/mol. The van der Waals surface area contributed by atoms with Gasteiger partial charge in [-0.15, -0.1) is 0 Å². The summed E-state index contributed by atoms with van der Waals surface area (Å²) in [6.07, 6.45) is 1.43. The van der Waals surface area contributed by atoms with Crippen LogP contribution in [0.25, 0.3) is 0 Å². The fourth-order valence-corrected chi connectivity index (χ4v) is 1.48. The summed E-state index contributed by atoms with van der Waals surface area (Å²) in [7, 11) is 0. The van der Waals surface area contributed by atoms with E-state index in [1.54, 1.807) is 0 Å². The summed E-state index contributed by atoms with van der Waals surface area (Å²) in [6.45, 7) is 7.01. The van der Waals surface area contributed by atoms with Gasteiger partial charge in [0.15, 0.2) is 5.82 Å². The van der Waals surface area contributed by atoms with Crippen molar-refractivity contribution in [2.24, 2.45) is 0 Å². The predicted octanol–water partition coefficient (Wildman–Crippen LogP) is 1.43. The summed E-state index contributed by atoms with van der Waals surface area (Å²) in [6, 6.07) is 1.25. The van der Waals surface area contributed by atoms with Gasteiger partial charge in [0.05, 0.1) is 12.8 Å². The van der Waals surface area contributed by atoms with Crippen LogP contribution in [-0.4, -0.2) is 41.2 Å². The van der Waals surface area contributed by atoms with Gasteiger partial charge in [0.2, 0.25) is 0 Å². The minimum Gasteiger partial charge on any atom is -0.491 e. The van der Waals surface area contributed by atoms with Gasteiger partial charge >= 0.3 is 0 Å². The summed E-state index contributed by atoms with van der Waals surface area (Å²) in [5.41, 5.74) is 0.0427. The molecule has 0 unspecified atom stereocenters. The van der Waals surface area contributed by atoms with Crippen molar-refractivity contribution in [1.29, 1.82) is 0 Å². The van der Waals surface area contributed by atoms with E-state index in [1.807, 2.05) is 0 Å². The molecule has 1 aromatic rings. The van der Waals surface area contributed by atoms with Gasteiger partial charge in [0.1, 0.15) is 18.1 Å². The number of nitrogens with zero attached hydrogens (tertiary/aromatic N) is 2. The molecule has 1 heterocycles. The number of halogens is 1. The highest BCUT2D eigenvalue weighted by Crippen LogP contribution is 2.13. The Morgan fingerprint density at radius 1 is 1.41 bits per heavy atom. The summed E-state index contributed by atoms with van der Waals surface area (Å²) in [5.74, 6) is -0.139. The molecule has 1 N–H and O–H groups in total. The maximum Gasteiger partial charge on any atom is 0.150 e. The minimum atomic E-state index is -0.534. The third-order valence-electron chi connectivity index (χ3n) is 2.61. The third-order valence-corrected chi connectivity index (χ3v) is 2.61. The normalized spacial score (nSPS) is 10.9. The number of pyridine rings is 1. The first kappa shape index (κ1) is 13.9. The van der Waals surface area contributed by atoms with E-state index in [4.69, 9.17) is 9.84 Å². The van der Waals surface area contributed by atoms with E-state index in [0.29, 0.717) is 12.4 Å². The van der Waals surface area contributed by atoms with Crippen molar-refractivity contribution in [3.63, 3.8) is 0 Å². The van der Waals surface area contributed by atoms with Crippen LogP contribution in [0, 0.1) is 5.82 Å². The van der Waals surface area contributed by atoms with E-state index in [1.165, 1.54) is 12.3 Å². The molecule has 5 heteroatoms. The van der Waals surface area contributed by atoms with Crippen LogP contribution in [0.5, 0.6) is 5.75 Å². The van der Waals surface area contributed by atoms with Gasteiger partial charge in [-0.05, 0) is 13.1 Å². The number of hydrogen-bond donors (Lipinski definition) is 1. The maximum absolute atomic E-state index is 13.3. The highest BCUT2D eigenvalue weighted by molar-refractivity contribution is 5.21.